The quantitative estimate of drug-likeness (QED) is 0.616. The molecule has 0 saturated carbocycles. The predicted octanol–water partition coefficient (Wildman–Crippen LogP) is 2.39. The second kappa shape index (κ2) is 3.18. The SMILES string of the molecule is O=C1CC(Cl)(Cl)C(=O)C(Cl)=C1Cl. The number of alkyl halides is 2. The summed E-state index contributed by atoms with van der Waals surface area (Å²) in [5.74, 6) is -1.25. The minimum Gasteiger partial charge on any atom is -0.293 e. The molecule has 0 aromatic heterocycles. The highest BCUT2D eigenvalue weighted by Crippen LogP contribution is 2.38. The molecule has 0 heterocycles. The first-order chi connectivity index (χ1) is 5.36. The Kier molecular flexibility index (Phi) is 2.74. The average Bonchev–Trinajstić information content (AvgIpc) is 1.97. The van der Waals surface area contributed by atoms with E-state index in [-0.39, 0.29) is 11.5 Å². The Morgan fingerprint density at radius 1 is 1.08 bits per heavy atom. The summed E-state index contributed by atoms with van der Waals surface area (Å²) in [7, 11) is 0. The molecule has 0 aliphatic heterocycles. The molecular formula is C6H2Cl4O2. The molecule has 1 aliphatic rings. The van der Waals surface area contributed by atoms with E-state index >= 15 is 0 Å². The molecule has 0 aromatic rings. The predicted molar refractivity (Wildman–Crippen MR) is 47.8 cm³/mol. The standard InChI is InChI=1S/C6H2Cl4O2/c7-3-2(11)1-6(9,10)5(12)4(3)8/h1H2. The molecular weight excluding hydrogens is 246 g/mol. The largest absolute Gasteiger partial charge is 0.293 e. The third-order valence-corrected chi connectivity index (χ3v) is 2.82. The van der Waals surface area contributed by atoms with Crippen LogP contribution in [0.3, 0.4) is 0 Å². The third kappa shape index (κ3) is 1.62. The normalized spacial score (nSPS) is 23.3. The minimum absolute atomic E-state index is 0.293. The Bertz CT molecular complexity index is 292. The van der Waals surface area contributed by atoms with E-state index in [1.54, 1.807) is 0 Å². The number of hydrogen-bond donors (Lipinski definition) is 0. The molecule has 0 aromatic carbocycles. The molecule has 1 aliphatic carbocycles. The number of halogens is 4. The van der Waals surface area contributed by atoms with Crippen molar-refractivity contribution in [2.45, 2.75) is 10.8 Å². The van der Waals surface area contributed by atoms with Gasteiger partial charge in [0.05, 0.1) is 6.42 Å². The average molecular weight is 248 g/mol. The number of allylic oxidation sites excluding steroid dienone is 2. The van der Waals surface area contributed by atoms with E-state index in [9.17, 15) is 9.59 Å². The summed E-state index contributed by atoms with van der Waals surface area (Å²) in [4.78, 5) is 22.1. The Hall–Kier alpha value is 0.240. The highest BCUT2D eigenvalue weighted by molar-refractivity contribution is 6.68. The van der Waals surface area contributed by atoms with Gasteiger partial charge in [0, 0.05) is 0 Å². The number of carbonyl (C=O) groups is 2. The van der Waals surface area contributed by atoms with Crippen LogP contribution in [0.5, 0.6) is 0 Å². The zero-order valence-electron chi connectivity index (χ0n) is 5.54. The molecule has 12 heavy (non-hydrogen) atoms. The molecule has 66 valence electrons. The first-order valence-corrected chi connectivity index (χ1v) is 4.38. The molecule has 0 saturated heterocycles. The Morgan fingerprint density at radius 2 is 1.58 bits per heavy atom. The maximum atomic E-state index is 11.1. The topological polar surface area (TPSA) is 34.1 Å². The van der Waals surface area contributed by atoms with Crippen LogP contribution in [0.2, 0.25) is 0 Å². The minimum atomic E-state index is -1.76. The van der Waals surface area contributed by atoms with Crippen LogP contribution in [-0.4, -0.2) is 15.9 Å². The van der Waals surface area contributed by atoms with Gasteiger partial charge in [-0.25, -0.2) is 0 Å². The van der Waals surface area contributed by atoms with Crippen molar-refractivity contribution in [2.24, 2.45) is 0 Å². The first-order valence-electron chi connectivity index (χ1n) is 2.87. The molecule has 0 unspecified atom stereocenters. The monoisotopic (exact) mass is 246 g/mol. The van der Waals surface area contributed by atoms with Gasteiger partial charge in [-0.05, 0) is 0 Å². The van der Waals surface area contributed by atoms with Crippen LogP contribution in [0, 0.1) is 0 Å². The van der Waals surface area contributed by atoms with Crippen LogP contribution in [0.1, 0.15) is 6.42 Å². The lowest BCUT2D eigenvalue weighted by Gasteiger charge is -2.21. The number of ketones is 2. The van der Waals surface area contributed by atoms with Gasteiger partial charge in [0.15, 0.2) is 10.1 Å². The van der Waals surface area contributed by atoms with Crippen molar-refractivity contribution in [3.63, 3.8) is 0 Å². The maximum absolute atomic E-state index is 11.1. The smallest absolute Gasteiger partial charge is 0.212 e. The molecule has 0 fully saturated rings. The molecule has 0 radical (unpaired) electrons. The maximum Gasteiger partial charge on any atom is 0.212 e. The summed E-state index contributed by atoms with van der Waals surface area (Å²) in [6, 6.07) is 0. The molecule has 0 N–H and O–H groups in total. The first kappa shape index (κ1) is 10.3. The van der Waals surface area contributed by atoms with E-state index in [1.807, 2.05) is 0 Å². The summed E-state index contributed by atoms with van der Waals surface area (Å²) in [6.45, 7) is 0. The molecule has 0 amide bonds. The van der Waals surface area contributed by atoms with Crippen LogP contribution in [0.4, 0.5) is 0 Å². The Labute approximate surface area is 88.4 Å². The molecule has 6 heteroatoms. The van der Waals surface area contributed by atoms with Crippen molar-refractivity contribution in [1.82, 2.24) is 0 Å². The fourth-order valence-electron chi connectivity index (χ4n) is 0.742. The van der Waals surface area contributed by atoms with Gasteiger partial charge in [-0.15, -0.1) is 0 Å². The van der Waals surface area contributed by atoms with Crippen LogP contribution in [0.15, 0.2) is 10.1 Å². The number of Topliss-reactive ketones (excluding diaryl/α,β-unsaturated/α-hetero) is 2. The van der Waals surface area contributed by atoms with Crippen molar-refractivity contribution in [2.75, 3.05) is 0 Å². The van der Waals surface area contributed by atoms with Gasteiger partial charge in [0.1, 0.15) is 10.1 Å². The summed E-state index contributed by atoms with van der Waals surface area (Å²) in [5.41, 5.74) is 0. The van der Waals surface area contributed by atoms with Crippen LogP contribution in [0.25, 0.3) is 0 Å². The fourth-order valence-corrected chi connectivity index (χ4v) is 1.69. The lowest BCUT2D eigenvalue weighted by molar-refractivity contribution is -0.122. The second-order valence-electron chi connectivity index (χ2n) is 2.26. The highest BCUT2D eigenvalue weighted by atomic mass is 35.5. The highest BCUT2D eigenvalue weighted by Gasteiger charge is 2.43. The van der Waals surface area contributed by atoms with Crippen molar-refractivity contribution in [1.29, 1.82) is 0 Å². The Morgan fingerprint density at radius 3 is 2.08 bits per heavy atom. The van der Waals surface area contributed by atoms with Crippen molar-refractivity contribution in [3.05, 3.63) is 10.1 Å². The van der Waals surface area contributed by atoms with E-state index in [1.165, 1.54) is 0 Å². The van der Waals surface area contributed by atoms with Gasteiger partial charge in [-0.2, -0.15) is 0 Å². The van der Waals surface area contributed by atoms with Gasteiger partial charge in [-0.3, -0.25) is 9.59 Å². The summed E-state index contributed by atoms with van der Waals surface area (Å²) in [6.07, 6.45) is -0.329. The molecule has 0 spiro atoms. The zero-order chi connectivity index (χ0) is 9.52. The van der Waals surface area contributed by atoms with Crippen molar-refractivity contribution in [3.8, 4) is 0 Å². The summed E-state index contributed by atoms with van der Waals surface area (Å²) < 4.78 is -1.76. The van der Waals surface area contributed by atoms with Gasteiger partial charge in [-0.1, -0.05) is 46.4 Å². The van der Waals surface area contributed by atoms with Crippen molar-refractivity contribution < 1.29 is 9.59 Å². The zero-order valence-corrected chi connectivity index (χ0v) is 8.56. The van der Waals surface area contributed by atoms with E-state index in [0.717, 1.165) is 0 Å². The van der Waals surface area contributed by atoms with Gasteiger partial charge >= 0.3 is 0 Å². The number of carbonyl (C=O) groups excluding carboxylic acids is 2. The third-order valence-electron chi connectivity index (χ3n) is 1.35. The molecule has 2 nitrogen and oxygen atoms in total. The van der Waals surface area contributed by atoms with Gasteiger partial charge in [0.25, 0.3) is 0 Å². The molecule has 0 atom stereocenters. The molecule has 1 rings (SSSR count). The second-order valence-corrected chi connectivity index (χ2v) is 4.50. The fraction of sp³-hybridized carbons (Fsp3) is 0.333. The van der Waals surface area contributed by atoms with Crippen LogP contribution < -0.4 is 0 Å². The summed E-state index contributed by atoms with van der Waals surface area (Å²) >= 11 is 21.8. The van der Waals surface area contributed by atoms with E-state index < -0.39 is 20.9 Å². The van der Waals surface area contributed by atoms with Gasteiger partial charge < -0.3 is 0 Å². The lowest BCUT2D eigenvalue weighted by Crippen LogP contribution is -2.34. The van der Waals surface area contributed by atoms with Gasteiger partial charge in [0.2, 0.25) is 5.78 Å². The number of hydrogen-bond acceptors (Lipinski definition) is 2. The Balaban J connectivity index is 3.19. The van der Waals surface area contributed by atoms with Crippen LogP contribution in [-0.2, 0) is 9.59 Å². The van der Waals surface area contributed by atoms with Crippen LogP contribution >= 0.6 is 46.4 Å². The van der Waals surface area contributed by atoms with E-state index in [4.69, 9.17) is 46.4 Å². The lowest BCUT2D eigenvalue weighted by atomic mass is 10.0. The number of rotatable bonds is 0. The van der Waals surface area contributed by atoms with E-state index in [2.05, 4.69) is 0 Å². The molecule has 0 bridgehead atoms. The van der Waals surface area contributed by atoms with E-state index in [0.29, 0.717) is 0 Å². The summed E-state index contributed by atoms with van der Waals surface area (Å²) in [5, 5.41) is -0.684. The van der Waals surface area contributed by atoms with Crippen molar-refractivity contribution >= 4 is 58.0 Å².